The maximum absolute atomic E-state index is 8.56. The van der Waals surface area contributed by atoms with E-state index in [1.807, 2.05) is 31.2 Å². The van der Waals surface area contributed by atoms with Gasteiger partial charge in [0.2, 0.25) is 0 Å². The maximum Gasteiger partial charge on any atom is 0.0615 e. The minimum atomic E-state index is 0.0490. The normalized spacial score (nSPS) is 10.8. The predicted octanol–water partition coefficient (Wildman–Crippen LogP) is 1.58. The highest BCUT2D eigenvalue weighted by Crippen LogP contribution is 2.17. The predicted molar refractivity (Wildman–Crippen MR) is 51.7 cm³/mol. The molecule has 1 aromatic carbocycles. The highest BCUT2D eigenvalue weighted by Gasteiger charge is 1.95. The van der Waals surface area contributed by atoms with Crippen LogP contribution in [0, 0.1) is 6.92 Å². The lowest BCUT2D eigenvalue weighted by atomic mass is 10.1. The molecule has 0 aliphatic heterocycles. The number of nitrogen functional groups attached to an aromatic ring is 1. The van der Waals surface area contributed by atoms with Crippen molar-refractivity contribution < 1.29 is 5.11 Å². The Labute approximate surface area is 72.3 Å². The lowest BCUT2D eigenvalue weighted by Crippen LogP contribution is -1.92. The quantitative estimate of drug-likeness (QED) is 0.650. The van der Waals surface area contributed by atoms with Gasteiger partial charge in [0, 0.05) is 5.69 Å². The fraction of sp³-hybridized carbons (Fsp3) is 0.200. The van der Waals surface area contributed by atoms with E-state index in [1.165, 1.54) is 0 Å². The summed E-state index contributed by atoms with van der Waals surface area (Å²) in [6, 6.07) is 5.84. The van der Waals surface area contributed by atoms with Crippen LogP contribution in [-0.2, 0) is 0 Å². The lowest BCUT2D eigenvalue weighted by molar-refractivity contribution is 0.343. The van der Waals surface area contributed by atoms with Crippen molar-refractivity contribution in [2.45, 2.75) is 6.92 Å². The van der Waals surface area contributed by atoms with Crippen LogP contribution in [0.15, 0.2) is 24.3 Å². The Morgan fingerprint density at radius 2 is 2.25 bits per heavy atom. The molecule has 12 heavy (non-hydrogen) atoms. The standard InChI is InChI=1S/C10H13NO/c1-8-4-2-5-9(10(8)11)6-3-7-12/h2-6,12H,7,11H2,1H3. The first-order valence-electron chi connectivity index (χ1n) is 3.88. The summed E-state index contributed by atoms with van der Waals surface area (Å²) in [6.45, 7) is 2.01. The summed E-state index contributed by atoms with van der Waals surface area (Å²) in [5.74, 6) is 0. The maximum atomic E-state index is 8.56. The Morgan fingerprint density at radius 1 is 1.50 bits per heavy atom. The van der Waals surface area contributed by atoms with E-state index in [9.17, 15) is 0 Å². The van der Waals surface area contributed by atoms with E-state index in [0.717, 1.165) is 16.8 Å². The molecule has 0 aliphatic carbocycles. The van der Waals surface area contributed by atoms with Gasteiger partial charge in [0.25, 0.3) is 0 Å². The van der Waals surface area contributed by atoms with E-state index in [2.05, 4.69) is 0 Å². The van der Waals surface area contributed by atoms with Crippen LogP contribution < -0.4 is 5.73 Å². The van der Waals surface area contributed by atoms with Crippen molar-refractivity contribution in [1.82, 2.24) is 0 Å². The van der Waals surface area contributed by atoms with E-state index in [-0.39, 0.29) is 6.61 Å². The van der Waals surface area contributed by atoms with Crippen molar-refractivity contribution in [3.8, 4) is 0 Å². The Kier molecular flexibility index (Phi) is 2.88. The van der Waals surface area contributed by atoms with E-state index >= 15 is 0 Å². The molecule has 0 amide bonds. The van der Waals surface area contributed by atoms with Gasteiger partial charge in [-0.1, -0.05) is 30.4 Å². The molecule has 0 spiro atoms. The van der Waals surface area contributed by atoms with Crippen LogP contribution in [0.4, 0.5) is 5.69 Å². The van der Waals surface area contributed by atoms with Crippen LogP contribution in [0.25, 0.3) is 6.08 Å². The molecule has 64 valence electrons. The molecule has 0 saturated carbocycles. The summed E-state index contributed by atoms with van der Waals surface area (Å²) >= 11 is 0. The molecule has 3 N–H and O–H groups in total. The zero-order chi connectivity index (χ0) is 8.97. The van der Waals surface area contributed by atoms with Gasteiger partial charge < -0.3 is 10.8 Å². The molecule has 0 heterocycles. The highest BCUT2D eigenvalue weighted by molar-refractivity contribution is 5.67. The van der Waals surface area contributed by atoms with Gasteiger partial charge in [-0.2, -0.15) is 0 Å². The smallest absolute Gasteiger partial charge is 0.0615 e. The summed E-state index contributed by atoms with van der Waals surface area (Å²) in [5.41, 5.74) is 8.60. The van der Waals surface area contributed by atoms with E-state index < -0.39 is 0 Å². The van der Waals surface area contributed by atoms with Gasteiger partial charge >= 0.3 is 0 Å². The second-order valence-electron chi connectivity index (χ2n) is 2.66. The Hall–Kier alpha value is -1.28. The Balaban J connectivity index is 3.00. The number of aliphatic hydroxyl groups is 1. The second kappa shape index (κ2) is 3.93. The third-order valence-electron chi connectivity index (χ3n) is 1.76. The Morgan fingerprint density at radius 3 is 2.92 bits per heavy atom. The van der Waals surface area contributed by atoms with Crippen LogP contribution in [0.1, 0.15) is 11.1 Å². The van der Waals surface area contributed by atoms with Gasteiger partial charge in [-0.3, -0.25) is 0 Å². The van der Waals surface area contributed by atoms with Gasteiger partial charge in [0.15, 0.2) is 0 Å². The molecule has 0 fully saturated rings. The van der Waals surface area contributed by atoms with Crippen LogP contribution in [0.2, 0.25) is 0 Å². The monoisotopic (exact) mass is 163 g/mol. The molecule has 0 aromatic heterocycles. The van der Waals surface area contributed by atoms with Crippen molar-refractivity contribution >= 4 is 11.8 Å². The minimum Gasteiger partial charge on any atom is -0.398 e. The minimum absolute atomic E-state index is 0.0490. The summed E-state index contributed by atoms with van der Waals surface area (Å²) in [7, 11) is 0. The van der Waals surface area contributed by atoms with Gasteiger partial charge in [-0.25, -0.2) is 0 Å². The van der Waals surface area contributed by atoms with Crippen molar-refractivity contribution in [2.75, 3.05) is 12.3 Å². The van der Waals surface area contributed by atoms with Gasteiger partial charge in [-0.15, -0.1) is 0 Å². The zero-order valence-electron chi connectivity index (χ0n) is 7.12. The van der Waals surface area contributed by atoms with E-state index in [0.29, 0.717) is 0 Å². The average molecular weight is 163 g/mol. The van der Waals surface area contributed by atoms with Crippen molar-refractivity contribution in [3.05, 3.63) is 35.4 Å². The van der Waals surface area contributed by atoms with Crippen molar-refractivity contribution in [2.24, 2.45) is 0 Å². The molecule has 0 bridgehead atoms. The SMILES string of the molecule is Cc1cccc(C=CCO)c1N. The number of nitrogens with two attached hydrogens (primary N) is 1. The van der Waals surface area contributed by atoms with Crippen LogP contribution in [0.3, 0.4) is 0 Å². The van der Waals surface area contributed by atoms with Crippen LogP contribution in [0.5, 0.6) is 0 Å². The molecule has 0 saturated heterocycles. The molecule has 0 aliphatic rings. The summed E-state index contributed by atoms with van der Waals surface area (Å²) in [5, 5.41) is 8.56. The van der Waals surface area contributed by atoms with E-state index in [4.69, 9.17) is 10.8 Å². The average Bonchev–Trinajstić information content (AvgIpc) is 2.08. The number of rotatable bonds is 2. The molecule has 0 unspecified atom stereocenters. The number of benzene rings is 1. The van der Waals surface area contributed by atoms with Gasteiger partial charge in [0.1, 0.15) is 0 Å². The van der Waals surface area contributed by atoms with E-state index in [1.54, 1.807) is 6.08 Å². The molecule has 1 rings (SSSR count). The van der Waals surface area contributed by atoms with Crippen LogP contribution >= 0.6 is 0 Å². The molecular weight excluding hydrogens is 150 g/mol. The molecule has 2 heteroatoms. The first-order valence-corrected chi connectivity index (χ1v) is 3.88. The molecular formula is C10H13NO. The first kappa shape index (κ1) is 8.81. The van der Waals surface area contributed by atoms with Crippen molar-refractivity contribution in [1.29, 1.82) is 0 Å². The largest absolute Gasteiger partial charge is 0.398 e. The number of hydrogen-bond donors (Lipinski definition) is 2. The third-order valence-corrected chi connectivity index (χ3v) is 1.76. The van der Waals surface area contributed by atoms with Gasteiger partial charge in [0.05, 0.1) is 6.61 Å². The summed E-state index contributed by atoms with van der Waals surface area (Å²) in [4.78, 5) is 0. The number of hydrogen-bond acceptors (Lipinski definition) is 2. The number of para-hydroxylation sites is 1. The molecule has 0 atom stereocenters. The zero-order valence-corrected chi connectivity index (χ0v) is 7.12. The third kappa shape index (κ3) is 1.86. The number of anilines is 1. The fourth-order valence-corrected chi connectivity index (χ4v) is 1.03. The topological polar surface area (TPSA) is 46.2 Å². The van der Waals surface area contributed by atoms with Crippen LogP contribution in [-0.4, -0.2) is 11.7 Å². The first-order chi connectivity index (χ1) is 5.75. The summed E-state index contributed by atoms with van der Waals surface area (Å²) < 4.78 is 0. The van der Waals surface area contributed by atoms with Gasteiger partial charge in [-0.05, 0) is 18.1 Å². The Bertz CT molecular complexity index is 292. The number of aryl methyl sites for hydroxylation is 1. The van der Waals surface area contributed by atoms with Crippen molar-refractivity contribution in [3.63, 3.8) is 0 Å². The summed E-state index contributed by atoms with van der Waals surface area (Å²) in [6.07, 6.45) is 3.49. The number of aliphatic hydroxyl groups excluding tert-OH is 1. The molecule has 0 radical (unpaired) electrons. The molecule has 2 nitrogen and oxygen atoms in total. The lowest BCUT2D eigenvalue weighted by Gasteiger charge is -2.02. The fourth-order valence-electron chi connectivity index (χ4n) is 1.03. The molecule has 1 aromatic rings. The second-order valence-corrected chi connectivity index (χ2v) is 2.66. The highest BCUT2D eigenvalue weighted by atomic mass is 16.2.